The van der Waals surface area contributed by atoms with Crippen LogP contribution in [0.4, 0.5) is 11.5 Å². The lowest BCUT2D eigenvalue weighted by Crippen LogP contribution is -2.41. The molecule has 2 saturated heterocycles. The Balaban J connectivity index is 1.57. The Morgan fingerprint density at radius 2 is 2.14 bits per heavy atom. The number of nitrogens with zero attached hydrogens (tertiary/aromatic N) is 3. The van der Waals surface area contributed by atoms with Gasteiger partial charge in [0.2, 0.25) is 0 Å². The molecule has 28 heavy (non-hydrogen) atoms. The van der Waals surface area contributed by atoms with E-state index < -0.39 is 0 Å². The van der Waals surface area contributed by atoms with Crippen LogP contribution >= 0.6 is 23.4 Å². The van der Waals surface area contributed by atoms with E-state index in [9.17, 15) is 5.11 Å². The summed E-state index contributed by atoms with van der Waals surface area (Å²) in [5.74, 6) is 0.307. The van der Waals surface area contributed by atoms with Gasteiger partial charge in [0.1, 0.15) is 10.8 Å². The molecule has 2 aromatic heterocycles. The van der Waals surface area contributed by atoms with Crippen molar-refractivity contribution < 1.29 is 9.84 Å². The smallest absolute Gasteiger partial charge is 0.143 e. The summed E-state index contributed by atoms with van der Waals surface area (Å²) in [6.07, 6.45) is 5.05. The van der Waals surface area contributed by atoms with Crippen molar-refractivity contribution in [3.05, 3.63) is 34.6 Å². The Labute approximate surface area is 174 Å². The van der Waals surface area contributed by atoms with Gasteiger partial charge in [0.15, 0.2) is 0 Å². The number of rotatable bonds is 4. The second kappa shape index (κ2) is 8.06. The molecule has 3 N–H and O–H groups in total. The largest absolute Gasteiger partial charge is 0.390 e. The second-order valence-corrected chi connectivity index (χ2v) is 9.04. The molecule has 150 valence electrons. The van der Waals surface area contributed by atoms with Crippen molar-refractivity contribution in [2.75, 3.05) is 36.9 Å². The molecule has 1 spiro atoms. The third-order valence-electron chi connectivity index (χ3n) is 5.81. The van der Waals surface area contributed by atoms with Gasteiger partial charge in [0.25, 0.3) is 0 Å². The van der Waals surface area contributed by atoms with Gasteiger partial charge in [-0.05, 0) is 49.3 Å². The fraction of sp³-hybridized carbons (Fsp3) is 0.500. The zero-order chi connectivity index (χ0) is 19.7. The molecule has 6 nitrogen and oxygen atoms in total. The molecule has 0 aromatic carbocycles. The Morgan fingerprint density at radius 3 is 2.82 bits per heavy atom. The fourth-order valence-electron chi connectivity index (χ4n) is 4.00. The van der Waals surface area contributed by atoms with E-state index in [4.69, 9.17) is 27.1 Å². The molecule has 2 fully saturated rings. The molecule has 2 aromatic rings. The molecule has 0 aliphatic carbocycles. The number of halogens is 1. The van der Waals surface area contributed by atoms with Gasteiger partial charge in [0.05, 0.1) is 29.6 Å². The molecular formula is C20H25ClN4O2S. The lowest BCUT2D eigenvalue weighted by Gasteiger charge is -2.40. The number of aromatic nitrogens is 2. The van der Waals surface area contributed by atoms with E-state index in [1.807, 2.05) is 13.0 Å². The molecule has 0 atom stereocenters. The molecule has 0 saturated carbocycles. The van der Waals surface area contributed by atoms with Crippen molar-refractivity contribution in [2.24, 2.45) is 5.41 Å². The van der Waals surface area contributed by atoms with Crippen LogP contribution in [-0.4, -0.2) is 41.4 Å². The number of aliphatic hydroxyl groups excluding tert-OH is 1. The van der Waals surface area contributed by atoms with Gasteiger partial charge in [-0.1, -0.05) is 23.4 Å². The van der Waals surface area contributed by atoms with Crippen molar-refractivity contribution in [3.63, 3.8) is 0 Å². The predicted octanol–water partition coefficient (Wildman–Crippen LogP) is 3.67. The molecule has 2 aliphatic heterocycles. The van der Waals surface area contributed by atoms with Gasteiger partial charge in [-0.25, -0.2) is 9.97 Å². The Kier molecular flexibility index (Phi) is 5.69. The van der Waals surface area contributed by atoms with Gasteiger partial charge in [-0.15, -0.1) is 0 Å². The third kappa shape index (κ3) is 3.81. The van der Waals surface area contributed by atoms with Gasteiger partial charge in [0, 0.05) is 30.8 Å². The first kappa shape index (κ1) is 19.8. The number of aryl methyl sites for hydroxylation is 1. The molecule has 8 heteroatoms. The Morgan fingerprint density at radius 1 is 1.36 bits per heavy atom. The topological polar surface area (TPSA) is 84.5 Å². The van der Waals surface area contributed by atoms with Crippen LogP contribution in [-0.2, 0) is 11.3 Å². The molecular weight excluding hydrogens is 396 g/mol. The molecule has 4 rings (SSSR count). The number of nitrogen functional groups attached to an aromatic ring is 1. The maximum absolute atomic E-state index is 9.96. The van der Waals surface area contributed by atoms with Crippen molar-refractivity contribution in [1.29, 1.82) is 0 Å². The number of piperidine rings is 1. The first-order valence-electron chi connectivity index (χ1n) is 9.53. The lowest BCUT2D eigenvalue weighted by atomic mass is 9.78. The maximum Gasteiger partial charge on any atom is 0.143 e. The Bertz CT molecular complexity index is 864. The van der Waals surface area contributed by atoms with Crippen LogP contribution in [0.1, 0.15) is 30.5 Å². The van der Waals surface area contributed by atoms with E-state index in [1.54, 1.807) is 6.20 Å². The molecule has 4 heterocycles. The predicted molar refractivity (Wildman–Crippen MR) is 112 cm³/mol. The first-order chi connectivity index (χ1) is 13.5. The fourth-order valence-corrected chi connectivity index (χ4v) is 5.14. The molecule has 0 bridgehead atoms. The summed E-state index contributed by atoms with van der Waals surface area (Å²) < 4.78 is 5.64. The summed E-state index contributed by atoms with van der Waals surface area (Å²) in [7, 11) is 0. The maximum atomic E-state index is 9.96. The van der Waals surface area contributed by atoms with E-state index in [0.29, 0.717) is 21.9 Å². The average molecular weight is 421 g/mol. The highest BCUT2D eigenvalue weighted by atomic mass is 35.5. The zero-order valence-corrected chi connectivity index (χ0v) is 17.5. The number of pyridine rings is 2. The van der Waals surface area contributed by atoms with Gasteiger partial charge >= 0.3 is 0 Å². The van der Waals surface area contributed by atoms with E-state index >= 15 is 0 Å². The second-order valence-electron chi connectivity index (χ2n) is 7.63. The van der Waals surface area contributed by atoms with Crippen molar-refractivity contribution in [2.45, 2.75) is 42.7 Å². The van der Waals surface area contributed by atoms with Crippen molar-refractivity contribution >= 4 is 34.9 Å². The van der Waals surface area contributed by atoms with Crippen LogP contribution in [0.3, 0.4) is 0 Å². The van der Waals surface area contributed by atoms with Gasteiger partial charge in [-0.3, -0.25) is 0 Å². The summed E-state index contributed by atoms with van der Waals surface area (Å²) in [6.45, 7) is 5.65. The normalized spacial score (nSPS) is 18.8. The lowest BCUT2D eigenvalue weighted by molar-refractivity contribution is 0.133. The van der Waals surface area contributed by atoms with Crippen LogP contribution in [0.5, 0.6) is 0 Å². The number of aliphatic hydroxyl groups is 1. The summed E-state index contributed by atoms with van der Waals surface area (Å²) in [5.41, 5.74) is 8.93. The number of nitrogens with two attached hydrogens (primary N) is 1. The Hall–Kier alpha value is -1.54. The summed E-state index contributed by atoms with van der Waals surface area (Å²) in [4.78, 5) is 11.9. The SMILES string of the molecule is Cc1cc(N2CCC3(CCOC3)CC2)c(CO)nc1Sc1ccnc(N)c1Cl. The summed E-state index contributed by atoms with van der Waals surface area (Å²) in [6, 6.07) is 3.95. The zero-order valence-electron chi connectivity index (χ0n) is 15.9. The quantitative estimate of drug-likeness (QED) is 0.780. The minimum absolute atomic E-state index is 0.0971. The average Bonchev–Trinajstić information content (AvgIpc) is 3.15. The summed E-state index contributed by atoms with van der Waals surface area (Å²) >= 11 is 7.72. The number of anilines is 2. The number of hydrogen-bond acceptors (Lipinski definition) is 7. The van der Waals surface area contributed by atoms with Crippen LogP contribution in [0.2, 0.25) is 5.02 Å². The van der Waals surface area contributed by atoms with E-state index in [2.05, 4.69) is 16.0 Å². The third-order valence-corrected chi connectivity index (χ3v) is 7.49. The minimum atomic E-state index is -0.0971. The van der Waals surface area contributed by atoms with E-state index in [0.717, 1.165) is 66.7 Å². The summed E-state index contributed by atoms with van der Waals surface area (Å²) in [5, 5.41) is 11.2. The molecule has 0 unspecified atom stereocenters. The van der Waals surface area contributed by atoms with Gasteiger partial charge < -0.3 is 20.5 Å². The molecule has 0 radical (unpaired) electrons. The standard InChI is InChI=1S/C20H25ClN4O2S/c1-13-10-15(25-7-3-20(4-8-25)5-9-27-12-20)14(11-26)24-19(13)28-16-2-6-23-18(22)17(16)21/h2,6,10,26H,3-5,7-9,11-12H2,1H3,(H2,22,23). The van der Waals surface area contributed by atoms with Crippen molar-refractivity contribution in [1.82, 2.24) is 9.97 Å². The van der Waals surface area contributed by atoms with E-state index in [-0.39, 0.29) is 6.61 Å². The number of hydrogen-bond donors (Lipinski definition) is 2. The van der Waals surface area contributed by atoms with Crippen LogP contribution in [0.15, 0.2) is 28.3 Å². The first-order valence-corrected chi connectivity index (χ1v) is 10.7. The highest BCUT2D eigenvalue weighted by Gasteiger charge is 2.38. The monoisotopic (exact) mass is 420 g/mol. The molecule has 0 amide bonds. The van der Waals surface area contributed by atoms with Crippen LogP contribution in [0.25, 0.3) is 0 Å². The minimum Gasteiger partial charge on any atom is -0.390 e. The van der Waals surface area contributed by atoms with Crippen LogP contribution in [0, 0.1) is 12.3 Å². The van der Waals surface area contributed by atoms with Crippen molar-refractivity contribution in [3.8, 4) is 0 Å². The molecule has 2 aliphatic rings. The van der Waals surface area contributed by atoms with Gasteiger partial charge in [-0.2, -0.15) is 0 Å². The highest BCUT2D eigenvalue weighted by Crippen LogP contribution is 2.42. The van der Waals surface area contributed by atoms with E-state index in [1.165, 1.54) is 11.8 Å². The highest BCUT2D eigenvalue weighted by molar-refractivity contribution is 7.99. The number of ether oxygens (including phenoxy) is 1. The van der Waals surface area contributed by atoms with Crippen LogP contribution < -0.4 is 10.6 Å².